The first-order chi connectivity index (χ1) is 9.08. The van der Waals surface area contributed by atoms with E-state index in [1.807, 2.05) is 0 Å². The van der Waals surface area contributed by atoms with Crippen LogP contribution in [-0.2, 0) is 0 Å². The van der Waals surface area contributed by atoms with Crippen LogP contribution in [0.1, 0.15) is 44.7 Å². The molecular formula is C14H21N3O2. The molecule has 0 aromatic carbocycles. The summed E-state index contributed by atoms with van der Waals surface area (Å²) in [6.45, 7) is 3.85. The van der Waals surface area contributed by atoms with Crippen LogP contribution in [0.3, 0.4) is 0 Å². The summed E-state index contributed by atoms with van der Waals surface area (Å²) < 4.78 is 0. The Morgan fingerprint density at radius 2 is 2.05 bits per heavy atom. The van der Waals surface area contributed by atoms with Gasteiger partial charge in [-0.2, -0.15) is 0 Å². The van der Waals surface area contributed by atoms with E-state index < -0.39 is 4.92 Å². The van der Waals surface area contributed by atoms with E-state index in [0.29, 0.717) is 17.7 Å². The van der Waals surface area contributed by atoms with E-state index in [4.69, 9.17) is 0 Å². The quantitative estimate of drug-likeness (QED) is 0.664. The van der Waals surface area contributed by atoms with Crippen molar-refractivity contribution in [1.29, 1.82) is 0 Å². The highest BCUT2D eigenvalue weighted by Gasteiger charge is 2.20. The molecule has 1 atom stereocenters. The minimum Gasteiger partial charge on any atom is -0.367 e. The van der Waals surface area contributed by atoms with Gasteiger partial charge >= 0.3 is 0 Å². The Labute approximate surface area is 113 Å². The highest BCUT2D eigenvalue weighted by molar-refractivity contribution is 5.45. The summed E-state index contributed by atoms with van der Waals surface area (Å²) in [5.74, 6) is 1.42. The Morgan fingerprint density at radius 1 is 1.37 bits per heavy atom. The lowest BCUT2D eigenvalue weighted by Gasteiger charge is -2.28. The molecule has 5 nitrogen and oxygen atoms in total. The molecule has 104 valence electrons. The molecule has 1 aromatic rings. The lowest BCUT2D eigenvalue weighted by molar-refractivity contribution is -0.385. The maximum absolute atomic E-state index is 10.7. The Kier molecular flexibility index (Phi) is 4.35. The van der Waals surface area contributed by atoms with Gasteiger partial charge in [0, 0.05) is 12.1 Å². The summed E-state index contributed by atoms with van der Waals surface area (Å²) >= 11 is 0. The lowest BCUT2D eigenvalue weighted by atomic mass is 9.84. The van der Waals surface area contributed by atoms with Crippen LogP contribution in [0.5, 0.6) is 0 Å². The van der Waals surface area contributed by atoms with Crippen LogP contribution in [-0.4, -0.2) is 15.9 Å². The number of nitrogens with one attached hydrogen (secondary N) is 1. The van der Waals surface area contributed by atoms with Crippen LogP contribution in [0.25, 0.3) is 0 Å². The minimum atomic E-state index is -0.392. The summed E-state index contributed by atoms with van der Waals surface area (Å²) in [5, 5.41) is 14.1. The van der Waals surface area contributed by atoms with Crippen LogP contribution >= 0.6 is 0 Å². The Balaban J connectivity index is 2.02. The highest BCUT2D eigenvalue weighted by Crippen LogP contribution is 2.28. The van der Waals surface area contributed by atoms with E-state index >= 15 is 0 Å². The van der Waals surface area contributed by atoms with E-state index in [0.717, 1.165) is 5.82 Å². The molecule has 1 N–H and O–H groups in total. The van der Waals surface area contributed by atoms with E-state index in [2.05, 4.69) is 17.2 Å². The fourth-order valence-corrected chi connectivity index (χ4v) is 2.81. The van der Waals surface area contributed by atoms with Gasteiger partial charge in [0.25, 0.3) is 5.69 Å². The van der Waals surface area contributed by atoms with Crippen LogP contribution in [0.2, 0.25) is 0 Å². The largest absolute Gasteiger partial charge is 0.367 e. The second-order valence-corrected chi connectivity index (χ2v) is 5.39. The van der Waals surface area contributed by atoms with Crippen LogP contribution in [0, 0.1) is 23.0 Å². The summed E-state index contributed by atoms with van der Waals surface area (Å²) in [4.78, 5) is 14.6. The lowest BCUT2D eigenvalue weighted by Crippen LogP contribution is -2.28. The van der Waals surface area contributed by atoms with Gasteiger partial charge in [-0.15, -0.1) is 0 Å². The number of nitrogens with zero attached hydrogens (tertiary/aromatic N) is 2. The molecule has 1 aliphatic rings. The van der Waals surface area contributed by atoms with Gasteiger partial charge in [0.1, 0.15) is 11.5 Å². The average molecular weight is 263 g/mol. The van der Waals surface area contributed by atoms with Crippen LogP contribution in [0.15, 0.2) is 12.1 Å². The molecule has 0 bridgehead atoms. The molecule has 1 saturated carbocycles. The number of anilines is 1. The van der Waals surface area contributed by atoms with Crippen molar-refractivity contribution in [3.8, 4) is 0 Å². The van der Waals surface area contributed by atoms with Gasteiger partial charge in [0.05, 0.1) is 4.92 Å². The molecule has 19 heavy (non-hydrogen) atoms. The van der Waals surface area contributed by atoms with Crippen molar-refractivity contribution < 1.29 is 4.92 Å². The van der Waals surface area contributed by atoms with E-state index in [1.54, 1.807) is 13.0 Å². The smallest absolute Gasteiger partial charge is 0.290 e. The van der Waals surface area contributed by atoms with Crippen LogP contribution in [0.4, 0.5) is 11.5 Å². The first-order valence-corrected chi connectivity index (χ1v) is 6.96. The molecular weight excluding hydrogens is 242 g/mol. The summed E-state index contributed by atoms with van der Waals surface area (Å²) in [6.07, 6.45) is 6.49. The van der Waals surface area contributed by atoms with Crippen molar-refractivity contribution in [2.24, 2.45) is 5.92 Å². The average Bonchev–Trinajstić information content (AvgIpc) is 2.39. The molecule has 0 spiro atoms. The number of nitro groups is 1. The molecule has 1 aliphatic carbocycles. The molecule has 1 heterocycles. The van der Waals surface area contributed by atoms with Crippen molar-refractivity contribution in [2.45, 2.75) is 52.0 Å². The van der Waals surface area contributed by atoms with Crippen molar-refractivity contribution in [1.82, 2.24) is 4.98 Å². The zero-order valence-electron chi connectivity index (χ0n) is 11.6. The van der Waals surface area contributed by atoms with Gasteiger partial charge in [-0.3, -0.25) is 10.1 Å². The number of rotatable bonds is 4. The van der Waals surface area contributed by atoms with Gasteiger partial charge in [0.15, 0.2) is 0 Å². The van der Waals surface area contributed by atoms with Crippen molar-refractivity contribution in [3.63, 3.8) is 0 Å². The third-order valence-electron chi connectivity index (χ3n) is 3.99. The number of aromatic nitrogens is 1. The SMILES string of the molecule is Cc1nc(NC(C)C2CCCCC2)ccc1[N+](=O)[O-]. The Morgan fingerprint density at radius 3 is 2.63 bits per heavy atom. The number of hydrogen-bond donors (Lipinski definition) is 1. The molecule has 1 aromatic heterocycles. The number of aryl methyl sites for hydroxylation is 1. The maximum atomic E-state index is 10.7. The fraction of sp³-hybridized carbons (Fsp3) is 0.643. The molecule has 1 fully saturated rings. The summed E-state index contributed by atoms with van der Waals surface area (Å²) in [6, 6.07) is 3.59. The third-order valence-corrected chi connectivity index (χ3v) is 3.99. The van der Waals surface area contributed by atoms with Gasteiger partial charge in [-0.25, -0.2) is 4.98 Å². The Bertz CT molecular complexity index is 456. The second kappa shape index (κ2) is 5.99. The van der Waals surface area contributed by atoms with Gasteiger partial charge in [-0.1, -0.05) is 19.3 Å². The van der Waals surface area contributed by atoms with E-state index in [-0.39, 0.29) is 5.69 Å². The fourth-order valence-electron chi connectivity index (χ4n) is 2.81. The molecule has 0 saturated heterocycles. The Hall–Kier alpha value is -1.65. The zero-order valence-corrected chi connectivity index (χ0v) is 11.6. The molecule has 2 rings (SSSR count). The molecule has 1 unspecified atom stereocenters. The first kappa shape index (κ1) is 13.8. The first-order valence-electron chi connectivity index (χ1n) is 6.96. The highest BCUT2D eigenvalue weighted by atomic mass is 16.6. The standard InChI is InChI=1S/C14H21N3O2/c1-10(12-6-4-3-5-7-12)15-14-9-8-13(17(18)19)11(2)16-14/h8-10,12H,3-7H2,1-2H3,(H,15,16). The molecule has 0 radical (unpaired) electrons. The van der Waals surface area contributed by atoms with E-state index in [1.165, 1.54) is 38.2 Å². The topological polar surface area (TPSA) is 68.1 Å². The molecule has 0 aliphatic heterocycles. The van der Waals surface area contributed by atoms with Crippen molar-refractivity contribution >= 4 is 11.5 Å². The van der Waals surface area contributed by atoms with E-state index in [9.17, 15) is 10.1 Å². The van der Waals surface area contributed by atoms with Gasteiger partial charge < -0.3 is 5.32 Å². The predicted molar refractivity (Wildman–Crippen MR) is 75.3 cm³/mol. The monoisotopic (exact) mass is 263 g/mol. The predicted octanol–water partition coefficient (Wildman–Crippen LogP) is 3.68. The number of hydrogen-bond acceptors (Lipinski definition) is 4. The summed E-state index contributed by atoms with van der Waals surface area (Å²) in [5.41, 5.74) is 0.543. The number of pyridine rings is 1. The maximum Gasteiger partial charge on any atom is 0.290 e. The summed E-state index contributed by atoms with van der Waals surface area (Å²) in [7, 11) is 0. The van der Waals surface area contributed by atoms with Crippen LogP contribution < -0.4 is 5.32 Å². The third kappa shape index (κ3) is 3.43. The normalized spacial score (nSPS) is 18.0. The molecule has 5 heteroatoms. The van der Waals surface area contributed by atoms with Crippen molar-refractivity contribution in [3.05, 3.63) is 27.9 Å². The van der Waals surface area contributed by atoms with Crippen molar-refractivity contribution in [2.75, 3.05) is 5.32 Å². The zero-order chi connectivity index (χ0) is 13.8. The minimum absolute atomic E-state index is 0.0795. The second-order valence-electron chi connectivity index (χ2n) is 5.39. The van der Waals surface area contributed by atoms with Gasteiger partial charge in [0.2, 0.25) is 0 Å². The molecule has 0 amide bonds. The van der Waals surface area contributed by atoms with Gasteiger partial charge in [-0.05, 0) is 38.7 Å².